The third kappa shape index (κ3) is 2.32. The second-order valence-electron chi connectivity index (χ2n) is 4.68. The third-order valence-electron chi connectivity index (χ3n) is 3.23. The summed E-state index contributed by atoms with van der Waals surface area (Å²) in [5, 5.41) is 14.3. The van der Waals surface area contributed by atoms with Gasteiger partial charge < -0.3 is 15.1 Å². The first-order valence-corrected chi connectivity index (χ1v) is 6.72. The first-order chi connectivity index (χ1) is 10.4. The molecule has 4 heterocycles. The van der Waals surface area contributed by atoms with Gasteiger partial charge in [-0.15, -0.1) is 5.10 Å². The predicted octanol–water partition coefficient (Wildman–Crippen LogP) is -0.290. The number of piperazine rings is 1. The number of fused-ring (bicyclic) bond motifs is 1. The average molecular weight is 286 g/mol. The molecule has 3 aromatic rings. The smallest absolute Gasteiger partial charge is 0.257 e. The fraction of sp³-hybridized carbons (Fsp3) is 0.333. The lowest BCUT2D eigenvalue weighted by atomic mass is 10.4. The lowest BCUT2D eigenvalue weighted by molar-refractivity contribution is 0.447. The Kier molecular flexibility index (Phi) is 2.98. The van der Waals surface area contributed by atoms with Gasteiger partial charge in [0.2, 0.25) is 11.8 Å². The number of rotatable bonds is 3. The summed E-state index contributed by atoms with van der Waals surface area (Å²) in [6.07, 6.45) is 3.14. The maximum atomic E-state index is 5.31. The molecule has 9 heteroatoms. The minimum Gasteiger partial charge on any atom is -0.461 e. The second-order valence-corrected chi connectivity index (χ2v) is 4.68. The molecular weight excluding hydrogens is 272 g/mol. The van der Waals surface area contributed by atoms with Crippen LogP contribution in [-0.2, 0) is 0 Å². The van der Waals surface area contributed by atoms with Gasteiger partial charge in [0.15, 0.2) is 5.76 Å². The van der Waals surface area contributed by atoms with E-state index in [0.29, 0.717) is 23.3 Å². The summed E-state index contributed by atoms with van der Waals surface area (Å²) in [7, 11) is 0. The second kappa shape index (κ2) is 5.11. The van der Waals surface area contributed by atoms with Gasteiger partial charge >= 0.3 is 0 Å². The molecule has 1 aliphatic rings. The van der Waals surface area contributed by atoms with Crippen LogP contribution in [0.5, 0.6) is 0 Å². The minimum atomic E-state index is 0.0908. The molecule has 0 bridgehead atoms. The number of nitrogens with zero attached hydrogens (tertiary/aromatic N) is 5. The molecule has 0 aromatic carbocycles. The first kappa shape index (κ1) is 12.2. The highest BCUT2D eigenvalue weighted by atomic mass is 16.3. The monoisotopic (exact) mass is 286 g/mol. The fourth-order valence-electron chi connectivity index (χ4n) is 2.24. The number of aromatic nitrogens is 5. The van der Waals surface area contributed by atoms with E-state index in [1.165, 1.54) is 6.33 Å². The zero-order valence-electron chi connectivity index (χ0n) is 11.2. The molecule has 1 saturated heterocycles. The molecule has 0 radical (unpaired) electrons. The molecule has 3 aromatic heterocycles. The highest BCUT2D eigenvalue weighted by Crippen LogP contribution is 2.17. The van der Waals surface area contributed by atoms with Crippen molar-refractivity contribution < 1.29 is 4.42 Å². The molecule has 108 valence electrons. The molecule has 4 rings (SSSR count). The van der Waals surface area contributed by atoms with E-state index < -0.39 is 0 Å². The summed E-state index contributed by atoms with van der Waals surface area (Å²) in [5.41, 5.74) is 0. The van der Waals surface area contributed by atoms with Crippen LogP contribution in [0.3, 0.4) is 0 Å². The lowest BCUT2D eigenvalue weighted by Crippen LogP contribution is -2.52. The number of nitrogens with one attached hydrogen (secondary N) is 3. The number of hydrogen-bond acceptors (Lipinski definition) is 8. The van der Waals surface area contributed by atoms with Crippen LogP contribution in [-0.4, -0.2) is 50.4 Å². The summed E-state index contributed by atoms with van der Waals surface area (Å²) in [6.45, 7) is 2.68. The molecule has 1 unspecified atom stereocenters. The number of furan rings is 1. The van der Waals surface area contributed by atoms with Gasteiger partial charge in [0, 0.05) is 19.6 Å². The van der Waals surface area contributed by atoms with Gasteiger partial charge in [-0.2, -0.15) is 14.5 Å². The molecule has 0 amide bonds. The van der Waals surface area contributed by atoms with Crippen LogP contribution in [0.4, 0.5) is 5.95 Å². The van der Waals surface area contributed by atoms with Crippen molar-refractivity contribution in [3.8, 4) is 11.6 Å². The molecule has 0 saturated carbocycles. The Bertz CT molecular complexity index is 731. The van der Waals surface area contributed by atoms with E-state index >= 15 is 0 Å². The molecule has 0 spiro atoms. The number of anilines is 1. The normalized spacial score (nSPS) is 19.0. The van der Waals surface area contributed by atoms with E-state index in [2.05, 4.69) is 36.0 Å². The quantitative estimate of drug-likeness (QED) is 0.603. The van der Waals surface area contributed by atoms with Crippen molar-refractivity contribution in [3.63, 3.8) is 0 Å². The zero-order valence-corrected chi connectivity index (χ0v) is 11.2. The molecule has 1 atom stereocenters. The fourth-order valence-corrected chi connectivity index (χ4v) is 2.24. The Balaban J connectivity index is 1.68. The van der Waals surface area contributed by atoms with Crippen molar-refractivity contribution in [3.05, 3.63) is 24.7 Å². The third-order valence-corrected chi connectivity index (χ3v) is 3.23. The first-order valence-electron chi connectivity index (χ1n) is 6.72. The predicted molar refractivity (Wildman–Crippen MR) is 74.6 cm³/mol. The van der Waals surface area contributed by atoms with E-state index in [1.807, 2.05) is 6.07 Å². The molecule has 1 fully saturated rings. The Morgan fingerprint density at radius 2 is 2.33 bits per heavy atom. The maximum Gasteiger partial charge on any atom is 0.257 e. The number of hydrogen-bond donors (Lipinski definition) is 3. The van der Waals surface area contributed by atoms with E-state index in [9.17, 15) is 0 Å². The molecule has 0 aliphatic carbocycles. The Morgan fingerprint density at radius 3 is 3.14 bits per heavy atom. The summed E-state index contributed by atoms with van der Waals surface area (Å²) in [6, 6.07) is 3.60. The van der Waals surface area contributed by atoms with E-state index in [1.54, 1.807) is 16.8 Å². The highest BCUT2D eigenvalue weighted by Gasteiger charge is 2.16. The van der Waals surface area contributed by atoms with Crippen molar-refractivity contribution in [2.75, 3.05) is 25.0 Å². The zero-order chi connectivity index (χ0) is 14.1. The standard InChI is InChI=1S/C12H14N8O/c1-2-8(21-5-1)10-18-12-16-7-15-11(20(12)19-10)17-9-6-13-3-4-14-9/h1-2,5,7,9,13-14H,3-4,6H2,(H,15,16,17,18,19). The van der Waals surface area contributed by atoms with Crippen LogP contribution in [0.2, 0.25) is 0 Å². The average Bonchev–Trinajstić information content (AvgIpc) is 3.18. The molecular formula is C12H14N8O. The van der Waals surface area contributed by atoms with E-state index in [4.69, 9.17) is 4.42 Å². The van der Waals surface area contributed by atoms with Crippen LogP contribution in [0.15, 0.2) is 29.1 Å². The SMILES string of the molecule is c1coc(-c2nc3ncnc(NC4CNCCN4)n3n2)c1. The largest absolute Gasteiger partial charge is 0.461 e. The van der Waals surface area contributed by atoms with Crippen molar-refractivity contribution in [1.82, 2.24) is 35.2 Å². The van der Waals surface area contributed by atoms with Crippen molar-refractivity contribution in [2.45, 2.75) is 6.17 Å². The van der Waals surface area contributed by atoms with Crippen molar-refractivity contribution in [1.29, 1.82) is 0 Å². The van der Waals surface area contributed by atoms with Gasteiger partial charge in [0.05, 0.1) is 12.4 Å². The maximum absolute atomic E-state index is 5.31. The van der Waals surface area contributed by atoms with Gasteiger partial charge in [-0.3, -0.25) is 5.32 Å². The van der Waals surface area contributed by atoms with Crippen LogP contribution < -0.4 is 16.0 Å². The van der Waals surface area contributed by atoms with E-state index in [-0.39, 0.29) is 6.17 Å². The molecule has 3 N–H and O–H groups in total. The summed E-state index contributed by atoms with van der Waals surface area (Å²) >= 11 is 0. The van der Waals surface area contributed by atoms with Gasteiger partial charge in [0.25, 0.3) is 5.78 Å². The van der Waals surface area contributed by atoms with Crippen LogP contribution >= 0.6 is 0 Å². The van der Waals surface area contributed by atoms with Crippen LogP contribution in [0.25, 0.3) is 17.4 Å². The Hall–Kier alpha value is -2.52. The minimum absolute atomic E-state index is 0.0908. The molecule has 9 nitrogen and oxygen atoms in total. The van der Waals surface area contributed by atoms with E-state index in [0.717, 1.165) is 19.6 Å². The summed E-state index contributed by atoms with van der Waals surface area (Å²) in [5.74, 6) is 2.15. The van der Waals surface area contributed by atoms with Gasteiger partial charge in [-0.1, -0.05) is 0 Å². The summed E-state index contributed by atoms with van der Waals surface area (Å²) in [4.78, 5) is 12.7. The topological polar surface area (TPSA) is 105 Å². The van der Waals surface area contributed by atoms with Crippen molar-refractivity contribution in [2.24, 2.45) is 0 Å². The van der Waals surface area contributed by atoms with Gasteiger partial charge in [-0.25, -0.2) is 4.98 Å². The Labute approximate surface area is 119 Å². The lowest BCUT2D eigenvalue weighted by Gasteiger charge is -2.25. The van der Waals surface area contributed by atoms with Gasteiger partial charge in [0.1, 0.15) is 6.33 Å². The van der Waals surface area contributed by atoms with Crippen molar-refractivity contribution >= 4 is 11.7 Å². The Morgan fingerprint density at radius 1 is 1.33 bits per heavy atom. The summed E-state index contributed by atoms with van der Waals surface area (Å²) < 4.78 is 6.89. The highest BCUT2D eigenvalue weighted by molar-refractivity contribution is 5.51. The molecule has 1 aliphatic heterocycles. The van der Waals surface area contributed by atoms with Gasteiger partial charge in [-0.05, 0) is 12.1 Å². The van der Waals surface area contributed by atoms with Crippen LogP contribution in [0.1, 0.15) is 0 Å². The van der Waals surface area contributed by atoms with Crippen LogP contribution in [0, 0.1) is 0 Å². The molecule has 21 heavy (non-hydrogen) atoms.